The van der Waals surface area contributed by atoms with Gasteiger partial charge in [0.2, 0.25) is 5.75 Å². The predicted molar refractivity (Wildman–Crippen MR) is 85.9 cm³/mol. The number of hydrogen-bond donors (Lipinski definition) is 1. The second-order valence-electron chi connectivity index (χ2n) is 4.55. The van der Waals surface area contributed by atoms with Crippen molar-refractivity contribution >= 4 is 11.5 Å². The molecule has 0 saturated carbocycles. The topological polar surface area (TPSA) is 65.0 Å². The maximum Gasteiger partial charge on any atom is 0.307 e. The van der Waals surface area contributed by atoms with Gasteiger partial charge in [-0.25, -0.2) is 0 Å². The van der Waals surface area contributed by atoms with Gasteiger partial charge in [0.05, 0.1) is 26.2 Å². The van der Waals surface area contributed by atoms with E-state index < -0.39 is 5.97 Å². The molecule has 0 radical (unpaired) electrons. The lowest BCUT2D eigenvalue weighted by atomic mass is 10.0. The molecule has 0 aliphatic rings. The molecule has 0 saturated heterocycles. The normalized spacial score (nSPS) is 11.2. The zero-order valence-corrected chi connectivity index (χ0v) is 13.6. The molecule has 0 bridgehead atoms. The maximum atomic E-state index is 10.7. The summed E-state index contributed by atoms with van der Waals surface area (Å²) in [6.45, 7) is 9.04. The summed E-state index contributed by atoms with van der Waals surface area (Å²) in [6.07, 6.45) is 1.63. The Morgan fingerprint density at radius 1 is 1.05 bits per heavy atom. The minimum atomic E-state index is -0.867. The average molecular weight is 308 g/mol. The summed E-state index contributed by atoms with van der Waals surface area (Å²) in [6, 6.07) is 3.69. The highest BCUT2D eigenvalue weighted by Gasteiger charge is 2.18. The van der Waals surface area contributed by atoms with Gasteiger partial charge in [-0.1, -0.05) is 6.08 Å². The molecular weight excluding hydrogens is 284 g/mol. The third-order valence-electron chi connectivity index (χ3n) is 2.96. The zero-order valence-electron chi connectivity index (χ0n) is 13.6. The third kappa shape index (κ3) is 4.69. The van der Waals surface area contributed by atoms with Crippen LogP contribution in [0.4, 0.5) is 0 Å². The molecule has 0 fully saturated rings. The van der Waals surface area contributed by atoms with E-state index in [2.05, 4.69) is 0 Å². The number of rotatable bonds is 9. The van der Waals surface area contributed by atoms with Crippen LogP contribution in [0.15, 0.2) is 18.2 Å². The van der Waals surface area contributed by atoms with E-state index in [1.54, 1.807) is 6.08 Å². The molecule has 22 heavy (non-hydrogen) atoms. The fraction of sp³-hybridized carbons (Fsp3) is 0.471. The van der Waals surface area contributed by atoms with Crippen LogP contribution in [-0.2, 0) is 4.79 Å². The standard InChI is InChI=1S/C17H24O5/c1-5-20-14-10-9-13(12(4)8-11-15(18)19)16(21-6-2)17(14)22-7-3/h8-10H,5-7,11H2,1-4H3,(H,18,19)/b12-8+. The van der Waals surface area contributed by atoms with Crippen molar-refractivity contribution < 1.29 is 24.1 Å². The Labute approximate surface area is 131 Å². The van der Waals surface area contributed by atoms with Crippen molar-refractivity contribution in [1.82, 2.24) is 0 Å². The molecule has 0 aliphatic heterocycles. The van der Waals surface area contributed by atoms with Gasteiger partial charge in [0.15, 0.2) is 11.5 Å². The van der Waals surface area contributed by atoms with Crippen LogP contribution in [0.3, 0.4) is 0 Å². The minimum Gasteiger partial charge on any atom is -0.490 e. The molecule has 1 rings (SSSR count). The molecule has 5 nitrogen and oxygen atoms in total. The number of benzene rings is 1. The van der Waals surface area contributed by atoms with Crippen molar-refractivity contribution in [2.75, 3.05) is 19.8 Å². The van der Waals surface area contributed by atoms with Gasteiger partial charge in [0, 0.05) is 5.56 Å². The predicted octanol–water partition coefficient (Wildman–Crippen LogP) is 3.76. The molecule has 1 aromatic carbocycles. The van der Waals surface area contributed by atoms with E-state index >= 15 is 0 Å². The first-order chi connectivity index (χ1) is 10.5. The van der Waals surface area contributed by atoms with Gasteiger partial charge in [-0.3, -0.25) is 4.79 Å². The van der Waals surface area contributed by atoms with E-state index in [1.807, 2.05) is 39.8 Å². The molecule has 1 N–H and O–H groups in total. The Balaban J connectivity index is 3.34. The molecule has 0 atom stereocenters. The van der Waals surface area contributed by atoms with Gasteiger partial charge in [0.1, 0.15) is 0 Å². The number of ether oxygens (including phenoxy) is 3. The van der Waals surface area contributed by atoms with Crippen molar-refractivity contribution in [3.63, 3.8) is 0 Å². The van der Waals surface area contributed by atoms with Gasteiger partial charge in [-0.2, -0.15) is 0 Å². The first-order valence-electron chi connectivity index (χ1n) is 7.49. The molecule has 0 aromatic heterocycles. The second kappa shape index (κ2) is 8.97. The van der Waals surface area contributed by atoms with Gasteiger partial charge in [-0.15, -0.1) is 0 Å². The Morgan fingerprint density at radius 3 is 2.18 bits per heavy atom. The molecule has 122 valence electrons. The average Bonchev–Trinajstić information content (AvgIpc) is 2.48. The van der Waals surface area contributed by atoms with Crippen LogP contribution in [0.5, 0.6) is 17.2 Å². The van der Waals surface area contributed by atoms with Gasteiger partial charge >= 0.3 is 5.97 Å². The van der Waals surface area contributed by atoms with Crippen LogP contribution >= 0.6 is 0 Å². The Hall–Kier alpha value is -2.17. The molecular formula is C17H24O5. The van der Waals surface area contributed by atoms with Crippen LogP contribution in [0, 0.1) is 0 Å². The van der Waals surface area contributed by atoms with E-state index in [-0.39, 0.29) is 6.42 Å². The lowest BCUT2D eigenvalue weighted by Gasteiger charge is -2.19. The molecule has 5 heteroatoms. The Bertz CT molecular complexity index is 534. The summed E-state index contributed by atoms with van der Waals surface area (Å²) < 4.78 is 17.0. The van der Waals surface area contributed by atoms with Crippen LogP contribution in [0.25, 0.3) is 5.57 Å². The highest BCUT2D eigenvalue weighted by Crippen LogP contribution is 2.43. The number of carboxylic acid groups (broad SMARTS) is 1. The fourth-order valence-corrected chi connectivity index (χ4v) is 2.04. The van der Waals surface area contributed by atoms with Gasteiger partial charge in [0.25, 0.3) is 0 Å². The van der Waals surface area contributed by atoms with E-state index in [0.717, 1.165) is 11.1 Å². The van der Waals surface area contributed by atoms with Crippen molar-refractivity contribution in [1.29, 1.82) is 0 Å². The molecule has 0 spiro atoms. The SMILES string of the molecule is CCOc1ccc(/C(C)=C/CC(=O)O)c(OCC)c1OCC. The Morgan fingerprint density at radius 2 is 1.64 bits per heavy atom. The van der Waals surface area contributed by atoms with Crippen LogP contribution in [0.2, 0.25) is 0 Å². The first-order valence-corrected chi connectivity index (χ1v) is 7.49. The number of carbonyl (C=O) groups is 1. The maximum absolute atomic E-state index is 10.7. The highest BCUT2D eigenvalue weighted by atomic mass is 16.5. The number of allylic oxidation sites excluding steroid dienone is 1. The summed E-state index contributed by atoms with van der Waals surface area (Å²) in [5, 5.41) is 8.81. The zero-order chi connectivity index (χ0) is 16.5. The van der Waals surface area contributed by atoms with Crippen molar-refractivity contribution in [2.24, 2.45) is 0 Å². The summed E-state index contributed by atoms with van der Waals surface area (Å²) in [4.78, 5) is 10.7. The van der Waals surface area contributed by atoms with Gasteiger partial charge < -0.3 is 19.3 Å². The molecule has 0 heterocycles. The van der Waals surface area contributed by atoms with Crippen LogP contribution in [0.1, 0.15) is 39.7 Å². The quantitative estimate of drug-likeness (QED) is 0.752. The minimum absolute atomic E-state index is 0.0332. The smallest absolute Gasteiger partial charge is 0.307 e. The first kappa shape index (κ1) is 17.9. The van der Waals surface area contributed by atoms with E-state index in [1.165, 1.54) is 0 Å². The lowest BCUT2D eigenvalue weighted by Crippen LogP contribution is -2.04. The van der Waals surface area contributed by atoms with E-state index in [0.29, 0.717) is 37.1 Å². The number of carboxylic acids is 1. The number of aliphatic carboxylic acids is 1. The summed E-state index contributed by atoms with van der Waals surface area (Å²) in [5.41, 5.74) is 1.64. The monoisotopic (exact) mass is 308 g/mol. The molecule has 0 amide bonds. The third-order valence-corrected chi connectivity index (χ3v) is 2.96. The fourth-order valence-electron chi connectivity index (χ4n) is 2.04. The number of hydrogen-bond acceptors (Lipinski definition) is 4. The second-order valence-corrected chi connectivity index (χ2v) is 4.55. The Kier molecular flexibility index (Phi) is 7.29. The van der Waals surface area contributed by atoms with Crippen LogP contribution < -0.4 is 14.2 Å². The lowest BCUT2D eigenvalue weighted by molar-refractivity contribution is -0.135. The van der Waals surface area contributed by atoms with Crippen molar-refractivity contribution in [3.05, 3.63) is 23.8 Å². The summed E-state index contributed by atoms with van der Waals surface area (Å²) >= 11 is 0. The summed E-state index contributed by atoms with van der Waals surface area (Å²) in [7, 11) is 0. The van der Waals surface area contributed by atoms with E-state index in [4.69, 9.17) is 19.3 Å². The highest BCUT2D eigenvalue weighted by molar-refractivity contribution is 5.77. The van der Waals surface area contributed by atoms with Crippen LogP contribution in [-0.4, -0.2) is 30.9 Å². The van der Waals surface area contributed by atoms with Crippen molar-refractivity contribution in [3.8, 4) is 17.2 Å². The largest absolute Gasteiger partial charge is 0.490 e. The van der Waals surface area contributed by atoms with Gasteiger partial charge in [-0.05, 0) is 45.4 Å². The molecule has 0 aliphatic carbocycles. The summed E-state index contributed by atoms with van der Waals surface area (Å²) in [5.74, 6) is 0.914. The molecule has 1 aromatic rings. The van der Waals surface area contributed by atoms with Crippen molar-refractivity contribution in [2.45, 2.75) is 34.1 Å². The van der Waals surface area contributed by atoms with E-state index in [9.17, 15) is 4.79 Å². The molecule has 0 unspecified atom stereocenters.